The van der Waals surface area contributed by atoms with Crippen molar-refractivity contribution in [2.45, 2.75) is 39.7 Å². The molecule has 0 heterocycles. The Kier molecular flexibility index (Phi) is 7.47. The van der Waals surface area contributed by atoms with E-state index in [-0.39, 0.29) is 0 Å². The summed E-state index contributed by atoms with van der Waals surface area (Å²) in [6.45, 7) is 7.87. The molecule has 2 amide bonds. The highest BCUT2D eigenvalue weighted by molar-refractivity contribution is 5.96. The summed E-state index contributed by atoms with van der Waals surface area (Å²) in [5.74, 6) is 0.989. The molecule has 7 heteroatoms. The zero-order valence-electron chi connectivity index (χ0n) is 17.7. The van der Waals surface area contributed by atoms with Gasteiger partial charge in [0.25, 0.3) is 11.8 Å². The summed E-state index contributed by atoms with van der Waals surface area (Å²) in [4.78, 5) is 24.6. The third-order valence-corrected chi connectivity index (χ3v) is 4.49. The molecule has 0 bridgehead atoms. The van der Waals surface area contributed by atoms with E-state index in [4.69, 9.17) is 14.2 Å². The molecule has 0 saturated carbocycles. The van der Waals surface area contributed by atoms with Crippen molar-refractivity contribution in [2.75, 3.05) is 14.2 Å². The molecule has 0 aliphatic carbocycles. The maximum atomic E-state index is 12.3. The van der Waals surface area contributed by atoms with Crippen LogP contribution in [0, 0.1) is 6.92 Å². The topological polar surface area (TPSA) is 85.9 Å². The van der Waals surface area contributed by atoms with Crippen molar-refractivity contribution in [3.05, 3.63) is 53.1 Å². The lowest BCUT2D eigenvalue weighted by Crippen LogP contribution is -2.47. The normalized spacial score (nSPS) is 11.6. The second-order valence-electron chi connectivity index (χ2n) is 6.95. The van der Waals surface area contributed by atoms with Gasteiger partial charge in [-0.3, -0.25) is 20.4 Å². The molecule has 0 aliphatic rings. The highest BCUT2D eigenvalue weighted by Gasteiger charge is 2.17. The number of amides is 2. The number of aryl methyl sites for hydroxylation is 1. The van der Waals surface area contributed by atoms with Crippen LogP contribution in [0.25, 0.3) is 0 Å². The fourth-order valence-electron chi connectivity index (χ4n) is 2.90. The molecule has 2 aromatic rings. The van der Waals surface area contributed by atoms with Crippen molar-refractivity contribution in [1.29, 1.82) is 0 Å². The molecule has 29 heavy (non-hydrogen) atoms. The molecule has 2 aromatic carbocycles. The number of carbonyl (C=O) groups is 2. The van der Waals surface area contributed by atoms with E-state index >= 15 is 0 Å². The van der Waals surface area contributed by atoms with Gasteiger partial charge in [0.05, 0.1) is 14.2 Å². The molecule has 2 rings (SSSR count). The first-order chi connectivity index (χ1) is 13.8. The monoisotopic (exact) mass is 400 g/mol. The molecule has 0 spiro atoms. The average molecular weight is 400 g/mol. The first-order valence-corrected chi connectivity index (χ1v) is 9.36. The maximum Gasteiger partial charge on any atom is 0.279 e. The Labute approximate surface area is 171 Å². The summed E-state index contributed by atoms with van der Waals surface area (Å²) in [7, 11) is 2.99. The van der Waals surface area contributed by atoms with Crippen molar-refractivity contribution in [2.24, 2.45) is 0 Å². The first-order valence-electron chi connectivity index (χ1n) is 9.36. The van der Waals surface area contributed by atoms with Crippen LogP contribution in [0.2, 0.25) is 0 Å². The molecule has 0 aliphatic heterocycles. The summed E-state index contributed by atoms with van der Waals surface area (Å²) in [5.41, 5.74) is 7.40. The van der Waals surface area contributed by atoms with Gasteiger partial charge in [-0.2, -0.15) is 0 Å². The van der Waals surface area contributed by atoms with E-state index in [0.717, 1.165) is 5.56 Å². The summed E-state index contributed by atoms with van der Waals surface area (Å²) in [6, 6.07) is 10.5. The van der Waals surface area contributed by atoms with Gasteiger partial charge in [0.2, 0.25) is 0 Å². The number of benzene rings is 2. The maximum absolute atomic E-state index is 12.3. The summed E-state index contributed by atoms with van der Waals surface area (Å²) in [6.07, 6.45) is -0.787. The van der Waals surface area contributed by atoms with E-state index in [1.165, 1.54) is 25.8 Å². The quantitative estimate of drug-likeness (QED) is 0.696. The lowest BCUT2D eigenvalue weighted by atomic mass is 9.98. The lowest BCUT2D eigenvalue weighted by Gasteiger charge is -2.17. The van der Waals surface area contributed by atoms with Crippen molar-refractivity contribution >= 4 is 11.8 Å². The highest BCUT2D eigenvalue weighted by atomic mass is 16.5. The minimum Gasteiger partial charge on any atom is -0.493 e. The molecule has 2 N–H and O–H groups in total. The minimum atomic E-state index is -0.787. The zero-order chi connectivity index (χ0) is 21.6. The number of rotatable bonds is 7. The van der Waals surface area contributed by atoms with Crippen molar-refractivity contribution in [1.82, 2.24) is 10.9 Å². The third kappa shape index (κ3) is 5.63. The van der Waals surface area contributed by atoms with E-state index < -0.39 is 17.9 Å². The predicted octanol–water partition coefficient (Wildman–Crippen LogP) is 3.36. The van der Waals surface area contributed by atoms with Crippen LogP contribution in [-0.2, 0) is 4.79 Å². The molecule has 0 aromatic heterocycles. The van der Waals surface area contributed by atoms with Crippen LogP contribution in [0.15, 0.2) is 36.4 Å². The molecular formula is C22H28N2O5. The number of hydrogen-bond donors (Lipinski definition) is 2. The van der Waals surface area contributed by atoms with Gasteiger partial charge < -0.3 is 14.2 Å². The number of nitrogens with one attached hydrogen (secondary N) is 2. The Morgan fingerprint density at radius 3 is 2.17 bits per heavy atom. The van der Waals surface area contributed by atoms with E-state index in [9.17, 15) is 9.59 Å². The number of ether oxygens (including phenoxy) is 3. The fourth-order valence-corrected chi connectivity index (χ4v) is 2.90. The zero-order valence-corrected chi connectivity index (χ0v) is 17.7. The summed E-state index contributed by atoms with van der Waals surface area (Å²) < 4.78 is 16.0. The standard InChI is InChI=1S/C22H28N2O5/c1-13(2)18-9-8-17(11-14(18)3)29-15(4)21(25)23-24-22(26)16-7-10-19(27-5)20(12-16)28-6/h7-13,15H,1-6H3,(H,23,25)(H,24,26). The largest absolute Gasteiger partial charge is 0.493 e. The van der Waals surface area contributed by atoms with Crippen molar-refractivity contribution < 1.29 is 23.8 Å². The van der Waals surface area contributed by atoms with Crippen LogP contribution in [0.5, 0.6) is 17.2 Å². The molecule has 0 radical (unpaired) electrons. The molecular weight excluding hydrogens is 372 g/mol. The lowest BCUT2D eigenvalue weighted by molar-refractivity contribution is -0.128. The smallest absolute Gasteiger partial charge is 0.279 e. The van der Waals surface area contributed by atoms with Gasteiger partial charge in [-0.15, -0.1) is 0 Å². The SMILES string of the molecule is COc1ccc(C(=O)NNC(=O)C(C)Oc2ccc(C(C)C)c(C)c2)cc1OC. The van der Waals surface area contributed by atoms with Crippen LogP contribution in [-0.4, -0.2) is 32.1 Å². The molecule has 7 nitrogen and oxygen atoms in total. The average Bonchev–Trinajstić information content (AvgIpc) is 2.70. The summed E-state index contributed by atoms with van der Waals surface area (Å²) in [5, 5.41) is 0. The van der Waals surface area contributed by atoms with Gasteiger partial charge in [0.15, 0.2) is 17.6 Å². The van der Waals surface area contributed by atoms with E-state index in [1.54, 1.807) is 19.1 Å². The number of methoxy groups -OCH3 is 2. The Morgan fingerprint density at radius 2 is 1.59 bits per heavy atom. The highest BCUT2D eigenvalue weighted by Crippen LogP contribution is 2.27. The molecule has 1 unspecified atom stereocenters. The van der Waals surface area contributed by atoms with Crippen molar-refractivity contribution in [3.63, 3.8) is 0 Å². The molecule has 0 fully saturated rings. The van der Waals surface area contributed by atoms with E-state index in [2.05, 4.69) is 24.7 Å². The third-order valence-electron chi connectivity index (χ3n) is 4.49. The van der Waals surface area contributed by atoms with E-state index in [0.29, 0.717) is 28.7 Å². The van der Waals surface area contributed by atoms with Gasteiger partial charge in [-0.1, -0.05) is 19.9 Å². The van der Waals surface area contributed by atoms with E-state index in [1.807, 2.05) is 25.1 Å². The Morgan fingerprint density at radius 1 is 0.897 bits per heavy atom. The first kappa shape index (κ1) is 22.1. The Hall–Kier alpha value is -3.22. The van der Waals surface area contributed by atoms with Crippen LogP contribution in [0.4, 0.5) is 0 Å². The van der Waals surface area contributed by atoms with Gasteiger partial charge in [0, 0.05) is 5.56 Å². The second kappa shape index (κ2) is 9.82. The predicted molar refractivity (Wildman–Crippen MR) is 111 cm³/mol. The van der Waals surface area contributed by atoms with Crippen LogP contribution in [0.3, 0.4) is 0 Å². The van der Waals surface area contributed by atoms with Gasteiger partial charge in [-0.25, -0.2) is 0 Å². The molecule has 156 valence electrons. The van der Waals surface area contributed by atoms with Crippen molar-refractivity contribution in [3.8, 4) is 17.2 Å². The number of hydrogen-bond acceptors (Lipinski definition) is 5. The summed E-state index contributed by atoms with van der Waals surface area (Å²) >= 11 is 0. The van der Waals surface area contributed by atoms with Crippen LogP contribution in [0.1, 0.15) is 48.2 Å². The molecule has 0 saturated heterocycles. The number of hydrazine groups is 1. The van der Waals surface area contributed by atoms with Crippen LogP contribution < -0.4 is 25.1 Å². The Balaban J connectivity index is 1.94. The number of carbonyl (C=O) groups excluding carboxylic acids is 2. The van der Waals surface area contributed by atoms with Gasteiger partial charge >= 0.3 is 0 Å². The van der Waals surface area contributed by atoms with Gasteiger partial charge in [0.1, 0.15) is 5.75 Å². The Bertz CT molecular complexity index is 880. The van der Waals surface area contributed by atoms with Crippen LogP contribution >= 0.6 is 0 Å². The van der Waals surface area contributed by atoms with Gasteiger partial charge in [-0.05, 0) is 61.2 Å². The molecule has 1 atom stereocenters. The second-order valence-corrected chi connectivity index (χ2v) is 6.95. The fraction of sp³-hybridized carbons (Fsp3) is 0.364. The minimum absolute atomic E-state index is 0.316.